The smallest absolute Gasteiger partial charge is 0.279 e. The van der Waals surface area contributed by atoms with Crippen molar-refractivity contribution in [2.75, 3.05) is 25.4 Å². The number of H-pyrrole nitrogens is 1. The Morgan fingerprint density at radius 1 is 1.42 bits per heavy atom. The van der Waals surface area contributed by atoms with Crippen LogP contribution in [0.4, 0.5) is 5.82 Å². The van der Waals surface area contributed by atoms with Gasteiger partial charge >= 0.3 is 0 Å². The maximum Gasteiger partial charge on any atom is 0.279 e. The van der Waals surface area contributed by atoms with Crippen molar-refractivity contribution >= 4 is 16.0 Å². The van der Waals surface area contributed by atoms with Crippen LogP contribution in [0.1, 0.15) is 19.7 Å². The third kappa shape index (κ3) is 4.62. The molecule has 0 aromatic carbocycles. The topological polar surface area (TPSA) is 121 Å². The zero-order chi connectivity index (χ0) is 14.5. The third-order valence-corrected chi connectivity index (χ3v) is 4.27. The summed E-state index contributed by atoms with van der Waals surface area (Å²) >= 11 is 0. The van der Waals surface area contributed by atoms with Gasteiger partial charge in [0.2, 0.25) is 0 Å². The highest BCUT2D eigenvalue weighted by Crippen LogP contribution is 1.97. The van der Waals surface area contributed by atoms with Crippen LogP contribution >= 0.6 is 0 Å². The Hall–Kier alpha value is -1.45. The second-order valence-corrected chi connectivity index (χ2v) is 5.61. The van der Waals surface area contributed by atoms with Gasteiger partial charge in [0.15, 0.2) is 0 Å². The molecule has 0 aliphatic rings. The van der Waals surface area contributed by atoms with Crippen molar-refractivity contribution in [2.24, 2.45) is 0 Å². The SMILES string of the molecule is CCN(CC)S(=O)(=O)NCCc1nc(N)cc(=O)[nH]1. The molecule has 0 spiro atoms. The minimum absolute atomic E-state index is 0.116. The lowest BCUT2D eigenvalue weighted by Gasteiger charge is -2.18. The molecule has 108 valence electrons. The highest BCUT2D eigenvalue weighted by molar-refractivity contribution is 7.87. The summed E-state index contributed by atoms with van der Waals surface area (Å²) < 4.78 is 27.4. The first-order valence-electron chi connectivity index (χ1n) is 5.99. The molecule has 8 nitrogen and oxygen atoms in total. The summed E-state index contributed by atoms with van der Waals surface area (Å²) in [4.78, 5) is 17.6. The van der Waals surface area contributed by atoms with Gasteiger partial charge in [0, 0.05) is 32.1 Å². The van der Waals surface area contributed by atoms with Gasteiger partial charge < -0.3 is 10.7 Å². The number of hydrogen-bond donors (Lipinski definition) is 3. The van der Waals surface area contributed by atoms with E-state index in [2.05, 4.69) is 14.7 Å². The molecule has 9 heteroatoms. The fraction of sp³-hybridized carbons (Fsp3) is 0.600. The van der Waals surface area contributed by atoms with Gasteiger partial charge in [-0.1, -0.05) is 13.8 Å². The number of nitrogens with zero attached hydrogens (tertiary/aromatic N) is 2. The van der Waals surface area contributed by atoms with Gasteiger partial charge in [-0.15, -0.1) is 0 Å². The minimum Gasteiger partial charge on any atom is -0.383 e. The first kappa shape index (κ1) is 15.6. The molecule has 0 aliphatic carbocycles. The summed E-state index contributed by atoms with van der Waals surface area (Å²) in [5, 5.41) is 0. The average Bonchev–Trinajstić information content (AvgIpc) is 2.28. The van der Waals surface area contributed by atoms with E-state index in [1.807, 2.05) is 0 Å². The van der Waals surface area contributed by atoms with Crippen molar-refractivity contribution in [3.05, 3.63) is 22.2 Å². The molecule has 0 aliphatic heterocycles. The van der Waals surface area contributed by atoms with E-state index in [1.165, 1.54) is 10.4 Å². The molecular formula is C10H19N5O3S. The lowest BCUT2D eigenvalue weighted by molar-refractivity contribution is 0.435. The van der Waals surface area contributed by atoms with E-state index in [-0.39, 0.29) is 24.3 Å². The molecule has 1 rings (SSSR count). The number of hydrogen-bond acceptors (Lipinski definition) is 5. The van der Waals surface area contributed by atoms with Crippen LogP contribution in [0.15, 0.2) is 10.9 Å². The maximum absolute atomic E-state index is 11.8. The summed E-state index contributed by atoms with van der Waals surface area (Å²) in [5.41, 5.74) is 5.08. The van der Waals surface area contributed by atoms with Gasteiger partial charge in [0.1, 0.15) is 11.6 Å². The summed E-state index contributed by atoms with van der Waals surface area (Å²) in [6.07, 6.45) is 0.265. The van der Waals surface area contributed by atoms with Gasteiger partial charge in [0.05, 0.1) is 0 Å². The predicted molar refractivity (Wildman–Crippen MR) is 72.8 cm³/mol. The number of nitrogen functional groups attached to an aromatic ring is 1. The number of rotatable bonds is 7. The Balaban J connectivity index is 2.61. The monoisotopic (exact) mass is 289 g/mol. The van der Waals surface area contributed by atoms with Crippen LogP contribution in [0.2, 0.25) is 0 Å². The molecule has 0 fully saturated rings. The Morgan fingerprint density at radius 2 is 2.05 bits per heavy atom. The Bertz CT molecular complexity index is 565. The van der Waals surface area contributed by atoms with Gasteiger partial charge in [-0.05, 0) is 0 Å². The molecule has 0 unspecified atom stereocenters. The second-order valence-electron chi connectivity index (χ2n) is 3.85. The second kappa shape index (κ2) is 6.64. The maximum atomic E-state index is 11.8. The Morgan fingerprint density at radius 3 is 2.58 bits per heavy atom. The molecule has 0 atom stereocenters. The lowest BCUT2D eigenvalue weighted by atomic mass is 10.4. The van der Waals surface area contributed by atoms with Crippen molar-refractivity contribution in [1.82, 2.24) is 19.0 Å². The molecule has 1 aromatic heterocycles. The van der Waals surface area contributed by atoms with E-state index < -0.39 is 10.2 Å². The normalized spacial score (nSPS) is 11.9. The zero-order valence-electron chi connectivity index (χ0n) is 11.0. The van der Waals surface area contributed by atoms with Crippen LogP contribution in [0, 0.1) is 0 Å². The van der Waals surface area contributed by atoms with Crippen LogP contribution in [-0.4, -0.2) is 42.3 Å². The standard InChI is InChI=1S/C10H19N5O3S/c1-3-15(4-2)19(17,18)12-6-5-9-13-8(11)7-10(16)14-9/h7,12H,3-6H2,1-2H3,(H3,11,13,14,16). The fourth-order valence-electron chi connectivity index (χ4n) is 1.60. The molecule has 0 saturated carbocycles. The number of nitrogens with two attached hydrogens (primary N) is 1. The summed E-state index contributed by atoms with van der Waals surface area (Å²) in [6.45, 7) is 4.48. The first-order valence-corrected chi connectivity index (χ1v) is 7.43. The van der Waals surface area contributed by atoms with E-state index in [4.69, 9.17) is 5.73 Å². The van der Waals surface area contributed by atoms with E-state index in [9.17, 15) is 13.2 Å². The van der Waals surface area contributed by atoms with Crippen molar-refractivity contribution in [3.63, 3.8) is 0 Å². The van der Waals surface area contributed by atoms with Crippen LogP contribution in [0.3, 0.4) is 0 Å². The largest absolute Gasteiger partial charge is 0.383 e. The van der Waals surface area contributed by atoms with Gasteiger partial charge in [-0.3, -0.25) is 4.79 Å². The van der Waals surface area contributed by atoms with Crippen molar-refractivity contribution in [1.29, 1.82) is 0 Å². The average molecular weight is 289 g/mol. The van der Waals surface area contributed by atoms with E-state index >= 15 is 0 Å². The Kier molecular flexibility index (Phi) is 5.45. The molecule has 1 heterocycles. The van der Waals surface area contributed by atoms with Crippen molar-refractivity contribution in [2.45, 2.75) is 20.3 Å². The molecule has 19 heavy (non-hydrogen) atoms. The molecule has 0 radical (unpaired) electrons. The number of aromatic amines is 1. The molecule has 1 aromatic rings. The van der Waals surface area contributed by atoms with Crippen molar-refractivity contribution < 1.29 is 8.42 Å². The number of aromatic nitrogens is 2. The van der Waals surface area contributed by atoms with Crippen LogP contribution in [0.5, 0.6) is 0 Å². The quantitative estimate of drug-likeness (QED) is 0.599. The summed E-state index contributed by atoms with van der Waals surface area (Å²) in [7, 11) is -3.48. The van der Waals surface area contributed by atoms with Crippen molar-refractivity contribution in [3.8, 4) is 0 Å². The predicted octanol–water partition coefficient (Wildman–Crippen LogP) is -0.929. The molecular weight excluding hydrogens is 270 g/mol. The first-order chi connectivity index (χ1) is 8.89. The number of nitrogens with one attached hydrogen (secondary N) is 2. The van der Waals surface area contributed by atoms with Crippen LogP contribution in [-0.2, 0) is 16.6 Å². The Labute approximate surface area is 112 Å². The number of anilines is 1. The van der Waals surface area contributed by atoms with Gasteiger partial charge in [-0.25, -0.2) is 9.71 Å². The molecule has 0 amide bonds. The third-order valence-electron chi connectivity index (χ3n) is 2.50. The zero-order valence-corrected chi connectivity index (χ0v) is 11.8. The minimum atomic E-state index is -3.48. The van der Waals surface area contributed by atoms with Gasteiger partial charge in [-0.2, -0.15) is 12.7 Å². The fourth-order valence-corrected chi connectivity index (χ4v) is 2.82. The van der Waals surface area contributed by atoms with E-state index in [0.29, 0.717) is 18.9 Å². The van der Waals surface area contributed by atoms with Gasteiger partial charge in [0.25, 0.3) is 15.8 Å². The van der Waals surface area contributed by atoms with Crippen LogP contribution in [0.25, 0.3) is 0 Å². The van der Waals surface area contributed by atoms with E-state index in [1.54, 1.807) is 13.8 Å². The molecule has 0 saturated heterocycles. The highest BCUT2D eigenvalue weighted by atomic mass is 32.2. The summed E-state index contributed by atoms with van der Waals surface area (Å²) in [6, 6.07) is 1.17. The van der Waals surface area contributed by atoms with E-state index in [0.717, 1.165) is 0 Å². The van der Waals surface area contributed by atoms with Crippen LogP contribution < -0.4 is 16.0 Å². The lowest BCUT2D eigenvalue weighted by Crippen LogP contribution is -2.41. The molecule has 0 bridgehead atoms. The summed E-state index contributed by atoms with van der Waals surface area (Å²) in [5.74, 6) is 0.470. The molecule has 4 N–H and O–H groups in total. The highest BCUT2D eigenvalue weighted by Gasteiger charge is 2.17.